The van der Waals surface area contributed by atoms with E-state index in [4.69, 9.17) is 14.6 Å². The number of rotatable bonds is 7. The first-order chi connectivity index (χ1) is 17.9. The number of aromatic nitrogens is 1. The lowest BCUT2D eigenvalue weighted by Crippen LogP contribution is -2.26. The summed E-state index contributed by atoms with van der Waals surface area (Å²) < 4.78 is 38.1. The second-order valence-electron chi connectivity index (χ2n) is 9.66. The van der Waals surface area contributed by atoms with E-state index in [-0.39, 0.29) is 12.0 Å². The van der Waals surface area contributed by atoms with E-state index >= 15 is 0 Å². The minimum Gasteiger partial charge on any atom is -0.489 e. The van der Waals surface area contributed by atoms with Crippen molar-refractivity contribution in [3.63, 3.8) is 0 Å². The Balaban J connectivity index is 0.000000505. The maximum absolute atomic E-state index is 12.8. The number of carbonyl (C=O) groups excluding carboxylic acids is 1. The third kappa shape index (κ3) is 8.44. The van der Waals surface area contributed by atoms with E-state index in [1.165, 1.54) is 6.42 Å². The fraction of sp³-hybridized carbons (Fsp3) is 0.393. The smallest absolute Gasteiger partial charge is 0.489 e. The Kier molecular flexibility index (Phi) is 9.68. The molecule has 1 atom stereocenters. The number of alkyl halides is 3. The van der Waals surface area contributed by atoms with Gasteiger partial charge in [-0.15, -0.1) is 0 Å². The average molecular weight is 532 g/mol. The summed E-state index contributed by atoms with van der Waals surface area (Å²) in [6, 6.07) is 15.2. The molecule has 0 saturated carbocycles. The molecule has 2 aromatic carbocycles. The van der Waals surface area contributed by atoms with Gasteiger partial charge < -0.3 is 15.2 Å². The van der Waals surface area contributed by atoms with Gasteiger partial charge >= 0.3 is 12.1 Å². The third-order valence-corrected chi connectivity index (χ3v) is 6.10. The molecule has 38 heavy (non-hydrogen) atoms. The number of hydrogen-bond acceptors (Lipinski definition) is 5. The molecule has 0 radical (unpaired) electrons. The maximum Gasteiger partial charge on any atom is 0.490 e. The normalized spacial score (nSPS) is 15.7. The van der Waals surface area contributed by atoms with Crippen molar-refractivity contribution in [1.82, 2.24) is 9.88 Å². The van der Waals surface area contributed by atoms with Gasteiger partial charge in [-0.2, -0.15) is 13.2 Å². The van der Waals surface area contributed by atoms with E-state index in [0.717, 1.165) is 59.9 Å². The monoisotopic (exact) mass is 531 g/mol. The van der Waals surface area contributed by atoms with E-state index in [2.05, 4.69) is 29.0 Å². The summed E-state index contributed by atoms with van der Waals surface area (Å²) in [6.07, 6.45) is -0.869. The van der Waals surface area contributed by atoms with Crippen molar-refractivity contribution in [2.75, 3.05) is 25.0 Å². The number of carboxylic acid groups (broad SMARTS) is 1. The van der Waals surface area contributed by atoms with Crippen molar-refractivity contribution in [1.29, 1.82) is 0 Å². The van der Waals surface area contributed by atoms with Crippen LogP contribution in [0.3, 0.4) is 0 Å². The van der Waals surface area contributed by atoms with Crippen LogP contribution in [0.2, 0.25) is 0 Å². The molecular formula is C28H32F3N3O4. The molecule has 10 heteroatoms. The van der Waals surface area contributed by atoms with Crippen LogP contribution < -0.4 is 10.1 Å². The Morgan fingerprint density at radius 1 is 1.18 bits per heavy atom. The zero-order chi connectivity index (χ0) is 27.9. The zero-order valence-corrected chi connectivity index (χ0v) is 21.6. The second-order valence-corrected chi connectivity index (χ2v) is 9.66. The standard InChI is InChI=1S/C26H31N3O2.C2HF3O2/c1-18(2)10-13-29-14-11-23(17-29)31-25-16-22(8-6-19(25)3)28-26(30)21-7-9-24-20(15-21)5-4-12-27-24;3-2(4,5)1(6)7/h4-9,12,15-16,18,23H,10-11,13-14,17H2,1-3H3,(H,28,30);(H,6,7). The number of likely N-dealkylation sites (tertiary alicyclic amines) is 1. The molecule has 0 spiro atoms. The summed E-state index contributed by atoms with van der Waals surface area (Å²) in [5, 5.41) is 11.1. The molecule has 1 amide bonds. The van der Waals surface area contributed by atoms with Gasteiger partial charge in [0.25, 0.3) is 5.91 Å². The minimum atomic E-state index is -5.08. The molecule has 2 heterocycles. The molecule has 0 aliphatic carbocycles. The Bertz CT molecular complexity index is 1260. The lowest BCUT2D eigenvalue weighted by Gasteiger charge is -2.19. The van der Waals surface area contributed by atoms with Gasteiger partial charge in [0, 0.05) is 42.0 Å². The van der Waals surface area contributed by atoms with Crippen LogP contribution in [0.4, 0.5) is 18.9 Å². The van der Waals surface area contributed by atoms with Crippen LogP contribution in [0.5, 0.6) is 5.75 Å². The molecule has 4 rings (SSSR count). The van der Waals surface area contributed by atoms with Gasteiger partial charge in [-0.25, -0.2) is 4.79 Å². The highest BCUT2D eigenvalue weighted by molar-refractivity contribution is 6.06. The number of anilines is 1. The summed E-state index contributed by atoms with van der Waals surface area (Å²) in [7, 11) is 0. The molecule has 1 aliphatic rings. The van der Waals surface area contributed by atoms with Crippen molar-refractivity contribution in [2.45, 2.75) is 45.9 Å². The van der Waals surface area contributed by atoms with Crippen molar-refractivity contribution in [3.8, 4) is 5.75 Å². The zero-order valence-electron chi connectivity index (χ0n) is 21.6. The van der Waals surface area contributed by atoms with Crippen LogP contribution in [0.15, 0.2) is 54.7 Å². The number of benzene rings is 2. The Labute approximate surface area is 219 Å². The molecule has 204 valence electrons. The Morgan fingerprint density at radius 2 is 1.92 bits per heavy atom. The third-order valence-electron chi connectivity index (χ3n) is 6.10. The van der Waals surface area contributed by atoms with Crippen LogP contribution in [0.25, 0.3) is 10.9 Å². The first-order valence-corrected chi connectivity index (χ1v) is 12.4. The summed E-state index contributed by atoms with van der Waals surface area (Å²) in [5.74, 6) is -1.33. The molecule has 1 unspecified atom stereocenters. The Hall–Kier alpha value is -3.66. The predicted molar refractivity (Wildman–Crippen MR) is 139 cm³/mol. The van der Waals surface area contributed by atoms with E-state index < -0.39 is 12.1 Å². The lowest BCUT2D eigenvalue weighted by molar-refractivity contribution is -0.192. The number of halogens is 3. The SMILES string of the molecule is Cc1ccc(NC(=O)c2ccc3ncccc3c2)cc1OC1CCN(CCC(C)C)C1.O=C(O)C(F)(F)F. The molecule has 2 N–H and O–H groups in total. The molecule has 3 aromatic rings. The van der Waals surface area contributed by atoms with E-state index in [9.17, 15) is 18.0 Å². The predicted octanol–water partition coefficient (Wildman–Crippen LogP) is 5.93. The molecule has 7 nitrogen and oxygen atoms in total. The van der Waals surface area contributed by atoms with Crippen molar-refractivity contribution >= 4 is 28.5 Å². The van der Waals surface area contributed by atoms with Crippen LogP contribution in [-0.4, -0.2) is 58.8 Å². The topological polar surface area (TPSA) is 91.8 Å². The van der Waals surface area contributed by atoms with Gasteiger partial charge in [0.2, 0.25) is 0 Å². The molecule has 0 bridgehead atoms. The van der Waals surface area contributed by atoms with Gasteiger partial charge in [0.15, 0.2) is 0 Å². The highest BCUT2D eigenvalue weighted by Crippen LogP contribution is 2.27. The molecule has 1 aromatic heterocycles. The van der Waals surface area contributed by atoms with Crippen LogP contribution in [0.1, 0.15) is 42.6 Å². The fourth-order valence-electron chi connectivity index (χ4n) is 3.94. The number of aryl methyl sites for hydroxylation is 1. The maximum atomic E-state index is 12.8. The first kappa shape index (κ1) is 28.9. The van der Waals surface area contributed by atoms with Crippen molar-refractivity contribution < 1.29 is 32.6 Å². The van der Waals surface area contributed by atoms with Gasteiger partial charge in [-0.1, -0.05) is 26.0 Å². The van der Waals surface area contributed by atoms with Gasteiger partial charge in [0.05, 0.1) is 5.52 Å². The summed E-state index contributed by atoms with van der Waals surface area (Å²) in [5.41, 5.74) is 3.31. The van der Waals surface area contributed by atoms with Crippen LogP contribution in [-0.2, 0) is 4.79 Å². The number of ether oxygens (including phenoxy) is 1. The lowest BCUT2D eigenvalue weighted by atomic mass is 10.1. The van der Waals surface area contributed by atoms with Gasteiger partial charge in [-0.05, 0) is 68.1 Å². The van der Waals surface area contributed by atoms with Gasteiger partial charge in [-0.3, -0.25) is 14.7 Å². The minimum absolute atomic E-state index is 0.138. The number of nitrogens with one attached hydrogen (secondary N) is 1. The highest BCUT2D eigenvalue weighted by Gasteiger charge is 2.38. The van der Waals surface area contributed by atoms with Crippen molar-refractivity contribution in [2.24, 2.45) is 5.92 Å². The number of fused-ring (bicyclic) bond motifs is 1. The van der Waals surface area contributed by atoms with E-state index in [0.29, 0.717) is 5.56 Å². The molecule has 1 aliphatic heterocycles. The van der Waals surface area contributed by atoms with E-state index in [1.807, 2.05) is 49.4 Å². The van der Waals surface area contributed by atoms with Gasteiger partial charge in [0.1, 0.15) is 11.9 Å². The summed E-state index contributed by atoms with van der Waals surface area (Å²) in [4.78, 5) is 28.5. The number of carboxylic acids is 1. The largest absolute Gasteiger partial charge is 0.490 e. The summed E-state index contributed by atoms with van der Waals surface area (Å²) >= 11 is 0. The molecular weight excluding hydrogens is 499 g/mol. The number of hydrogen-bond donors (Lipinski definition) is 2. The number of aliphatic carboxylic acids is 1. The average Bonchev–Trinajstić information content (AvgIpc) is 3.31. The van der Waals surface area contributed by atoms with Crippen LogP contribution >= 0.6 is 0 Å². The molecule has 1 fully saturated rings. The van der Waals surface area contributed by atoms with Crippen molar-refractivity contribution in [3.05, 3.63) is 65.9 Å². The Morgan fingerprint density at radius 3 is 2.61 bits per heavy atom. The highest BCUT2D eigenvalue weighted by atomic mass is 19.4. The van der Waals surface area contributed by atoms with E-state index in [1.54, 1.807) is 12.3 Å². The number of amides is 1. The number of carbonyl (C=O) groups is 2. The fourth-order valence-corrected chi connectivity index (χ4v) is 3.94. The number of pyridine rings is 1. The molecule has 1 saturated heterocycles. The summed E-state index contributed by atoms with van der Waals surface area (Å²) in [6.45, 7) is 9.76. The quantitative estimate of drug-likeness (QED) is 0.393. The second kappa shape index (κ2) is 12.7. The number of nitrogens with zero attached hydrogens (tertiary/aromatic N) is 2. The first-order valence-electron chi connectivity index (χ1n) is 12.4. The van der Waals surface area contributed by atoms with Crippen LogP contribution in [0, 0.1) is 12.8 Å².